The molecule has 0 aromatic carbocycles. The first-order valence-corrected chi connectivity index (χ1v) is 6.50. The zero-order chi connectivity index (χ0) is 12.1. The summed E-state index contributed by atoms with van der Waals surface area (Å²) in [5, 5.41) is 3.40. The Morgan fingerprint density at radius 1 is 1.29 bits per heavy atom. The highest BCUT2D eigenvalue weighted by atomic mass is 16.5. The molecule has 0 bridgehead atoms. The van der Waals surface area contributed by atoms with Crippen LogP contribution in [0.25, 0.3) is 0 Å². The Morgan fingerprint density at radius 2 is 2.06 bits per heavy atom. The van der Waals surface area contributed by atoms with Gasteiger partial charge in [0.05, 0.1) is 32.3 Å². The van der Waals surface area contributed by atoms with Crippen LogP contribution in [0.3, 0.4) is 0 Å². The quantitative estimate of drug-likeness (QED) is 0.745. The van der Waals surface area contributed by atoms with Crippen LogP contribution in [0.2, 0.25) is 0 Å². The maximum absolute atomic E-state index is 12.3. The summed E-state index contributed by atoms with van der Waals surface area (Å²) in [5.74, 6) is 0.207. The third kappa shape index (κ3) is 3.18. The maximum Gasteiger partial charge on any atom is 0.229 e. The van der Waals surface area contributed by atoms with Crippen LogP contribution >= 0.6 is 0 Å². The van der Waals surface area contributed by atoms with Crippen molar-refractivity contribution in [3.8, 4) is 0 Å². The number of ether oxygens (including phenoxy) is 2. The summed E-state index contributed by atoms with van der Waals surface area (Å²) in [6.45, 7) is 7.03. The largest absolute Gasteiger partial charge is 0.379 e. The molecule has 2 unspecified atom stereocenters. The lowest BCUT2D eigenvalue weighted by molar-refractivity contribution is -0.140. The molecule has 0 spiro atoms. The fourth-order valence-electron chi connectivity index (χ4n) is 2.35. The lowest BCUT2D eigenvalue weighted by Crippen LogP contribution is -2.49. The smallest absolute Gasteiger partial charge is 0.229 e. The van der Waals surface area contributed by atoms with Gasteiger partial charge in [-0.05, 0) is 13.0 Å². The Morgan fingerprint density at radius 3 is 2.76 bits per heavy atom. The summed E-state index contributed by atoms with van der Waals surface area (Å²) in [4.78, 5) is 14.2. The third-order valence-corrected chi connectivity index (χ3v) is 3.38. The van der Waals surface area contributed by atoms with Gasteiger partial charge in [-0.25, -0.2) is 0 Å². The van der Waals surface area contributed by atoms with Crippen molar-refractivity contribution in [3.05, 3.63) is 0 Å². The van der Waals surface area contributed by atoms with Crippen LogP contribution in [0, 0.1) is 5.92 Å². The average Bonchev–Trinajstić information content (AvgIpc) is 2.84. The second-order valence-corrected chi connectivity index (χ2v) is 4.64. The van der Waals surface area contributed by atoms with Crippen molar-refractivity contribution in [1.29, 1.82) is 0 Å². The molecular formula is C12H22N2O3. The Bertz CT molecular complexity index is 254. The van der Waals surface area contributed by atoms with Gasteiger partial charge in [-0.2, -0.15) is 0 Å². The molecule has 2 fully saturated rings. The monoisotopic (exact) mass is 242 g/mol. The normalized spacial score (nSPS) is 29.6. The first-order chi connectivity index (χ1) is 8.33. The van der Waals surface area contributed by atoms with Crippen molar-refractivity contribution in [2.24, 2.45) is 5.92 Å². The van der Waals surface area contributed by atoms with Gasteiger partial charge in [0, 0.05) is 19.1 Å². The summed E-state index contributed by atoms with van der Waals surface area (Å²) >= 11 is 0. The minimum Gasteiger partial charge on any atom is -0.379 e. The number of nitrogens with one attached hydrogen (secondary N) is 1. The SMILES string of the molecule is CCCNC1COCC1C(=O)N1CCOCC1. The van der Waals surface area contributed by atoms with Gasteiger partial charge in [-0.3, -0.25) is 4.79 Å². The lowest BCUT2D eigenvalue weighted by atomic mass is 10.0. The molecule has 0 aromatic heterocycles. The summed E-state index contributed by atoms with van der Waals surface area (Å²) in [7, 11) is 0. The van der Waals surface area contributed by atoms with E-state index in [1.807, 2.05) is 4.90 Å². The van der Waals surface area contributed by atoms with E-state index in [9.17, 15) is 4.79 Å². The third-order valence-electron chi connectivity index (χ3n) is 3.38. The fourth-order valence-corrected chi connectivity index (χ4v) is 2.35. The van der Waals surface area contributed by atoms with Crippen LogP contribution in [-0.4, -0.2) is 62.9 Å². The first-order valence-electron chi connectivity index (χ1n) is 6.50. The van der Waals surface area contributed by atoms with Crippen LogP contribution < -0.4 is 5.32 Å². The predicted octanol–water partition coefficient (Wildman–Crippen LogP) is -0.140. The van der Waals surface area contributed by atoms with E-state index in [0.29, 0.717) is 26.4 Å². The molecule has 0 aliphatic carbocycles. The van der Waals surface area contributed by atoms with Gasteiger partial charge >= 0.3 is 0 Å². The molecule has 2 saturated heterocycles. The van der Waals surface area contributed by atoms with Gasteiger partial charge in [0.2, 0.25) is 5.91 Å². The summed E-state index contributed by atoms with van der Waals surface area (Å²) in [6.07, 6.45) is 1.08. The minimum absolute atomic E-state index is 0.0142. The molecule has 17 heavy (non-hydrogen) atoms. The summed E-state index contributed by atoms with van der Waals surface area (Å²) < 4.78 is 10.7. The highest BCUT2D eigenvalue weighted by molar-refractivity contribution is 5.80. The second kappa shape index (κ2) is 6.33. The zero-order valence-electron chi connectivity index (χ0n) is 10.5. The van der Waals surface area contributed by atoms with E-state index in [2.05, 4.69) is 12.2 Å². The van der Waals surface area contributed by atoms with Crippen LogP contribution in [0.1, 0.15) is 13.3 Å². The van der Waals surface area contributed by atoms with Crippen LogP contribution in [0.4, 0.5) is 0 Å². The zero-order valence-corrected chi connectivity index (χ0v) is 10.5. The number of carbonyl (C=O) groups excluding carboxylic acids is 1. The number of nitrogens with zero attached hydrogens (tertiary/aromatic N) is 1. The van der Waals surface area contributed by atoms with E-state index in [1.54, 1.807) is 0 Å². The van der Waals surface area contributed by atoms with Crippen LogP contribution in [0.5, 0.6) is 0 Å². The van der Waals surface area contributed by atoms with E-state index < -0.39 is 0 Å². The molecule has 1 N–H and O–H groups in total. The van der Waals surface area contributed by atoms with Crippen molar-refractivity contribution >= 4 is 5.91 Å². The predicted molar refractivity (Wildman–Crippen MR) is 63.8 cm³/mol. The topological polar surface area (TPSA) is 50.8 Å². The number of amides is 1. The maximum atomic E-state index is 12.3. The molecule has 1 amide bonds. The van der Waals surface area contributed by atoms with Crippen molar-refractivity contribution in [2.45, 2.75) is 19.4 Å². The Kier molecular flexibility index (Phi) is 4.76. The number of carbonyl (C=O) groups is 1. The summed E-state index contributed by atoms with van der Waals surface area (Å²) in [5.41, 5.74) is 0. The molecule has 2 aliphatic rings. The van der Waals surface area contributed by atoms with Crippen LogP contribution in [0.15, 0.2) is 0 Å². The summed E-state index contributed by atoms with van der Waals surface area (Å²) in [6, 6.07) is 0.185. The molecule has 2 aliphatic heterocycles. The number of rotatable bonds is 4. The van der Waals surface area contributed by atoms with Gasteiger partial charge in [0.25, 0.3) is 0 Å². The minimum atomic E-state index is -0.0142. The highest BCUT2D eigenvalue weighted by Crippen LogP contribution is 2.17. The molecule has 0 saturated carbocycles. The van der Waals surface area contributed by atoms with Crippen molar-refractivity contribution in [3.63, 3.8) is 0 Å². The Balaban J connectivity index is 1.88. The van der Waals surface area contributed by atoms with Gasteiger partial charge in [-0.1, -0.05) is 6.92 Å². The Hall–Kier alpha value is -0.650. The number of morpholine rings is 1. The number of hydrogen-bond donors (Lipinski definition) is 1. The van der Waals surface area contributed by atoms with Crippen molar-refractivity contribution < 1.29 is 14.3 Å². The number of hydrogen-bond acceptors (Lipinski definition) is 4. The van der Waals surface area contributed by atoms with E-state index in [-0.39, 0.29) is 17.9 Å². The molecule has 0 aromatic rings. The molecule has 98 valence electrons. The molecule has 2 heterocycles. The highest BCUT2D eigenvalue weighted by Gasteiger charge is 2.36. The van der Waals surface area contributed by atoms with Gasteiger partial charge in [0.15, 0.2) is 0 Å². The fraction of sp³-hybridized carbons (Fsp3) is 0.917. The van der Waals surface area contributed by atoms with Gasteiger partial charge in [0.1, 0.15) is 0 Å². The van der Waals surface area contributed by atoms with Gasteiger partial charge in [-0.15, -0.1) is 0 Å². The van der Waals surface area contributed by atoms with Crippen molar-refractivity contribution in [2.75, 3.05) is 46.1 Å². The molecule has 2 atom stereocenters. The average molecular weight is 242 g/mol. The van der Waals surface area contributed by atoms with E-state index in [1.165, 1.54) is 0 Å². The second-order valence-electron chi connectivity index (χ2n) is 4.64. The molecule has 5 heteroatoms. The van der Waals surface area contributed by atoms with Crippen LogP contribution in [-0.2, 0) is 14.3 Å². The molecular weight excluding hydrogens is 220 g/mol. The van der Waals surface area contributed by atoms with E-state index in [4.69, 9.17) is 9.47 Å². The molecule has 2 rings (SSSR count). The van der Waals surface area contributed by atoms with Crippen molar-refractivity contribution in [1.82, 2.24) is 10.2 Å². The van der Waals surface area contributed by atoms with E-state index in [0.717, 1.165) is 26.1 Å². The molecule has 0 radical (unpaired) electrons. The first kappa shape index (κ1) is 12.8. The lowest BCUT2D eigenvalue weighted by Gasteiger charge is -2.30. The standard InChI is InChI=1S/C12H22N2O3/c1-2-3-13-11-9-17-8-10(11)12(15)14-4-6-16-7-5-14/h10-11,13H,2-9H2,1H3. The van der Waals surface area contributed by atoms with E-state index >= 15 is 0 Å². The molecule has 5 nitrogen and oxygen atoms in total. The van der Waals surface area contributed by atoms with Gasteiger partial charge < -0.3 is 19.7 Å². The Labute approximate surface area is 102 Å².